The van der Waals surface area contributed by atoms with Gasteiger partial charge < -0.3 is 20.1 Å². The molecule has 1 amide bonds. The van der Waals surface area contributed by atoms with E-state index in [1.165, 1.54) is 13.2 Å². The number of nitrogens with one attached hydrogen (secondary N) is 1. The van der Waals surface area contributed by atoms with Gasteiger partial charge in [-0.25, -0.2) is 0 Å². The molecule has 5 heteroatoms. The van der Waals surface area contributed by atoms with E-state index in [9.17, 15) is 9.90 Å². The van der Waals surface area contributed by atoms with Crippen LogP contribution in [0.15, 0.2) is 18.2 Å². The van der Waals surface area contributed by atoms with Gasteiger partial charge in [0.2, 0.25) is 0 Å². The molecule has 19 heavy (non-hydrogen) atoms. The van der Waals surface area contributed by atoms with Crippen LogP contribution in [0.4, 0.5) is 0 Å². The summed E-state index contributed by atoms with van der Waals surface area (Å²) in [5.74, 6) is 0.137. The van der Waals surface area contributed by atoms with Gasteiger partial charge in [0.25, 0.3) is 5.91 Å². The lowest BCUT2D eigenvalue weighted by Crippen LogP contribution is -2.34. The standard InChI is InChI=1S/C14H22N2O3/c1-10(7-8-16(2)3)15-14(18)11-5-6-13(19-4)12(17)9-11/h5-6,9-10,17H,7-8H2,1-4H3,(H,15,18). The number of rotatable bonds is 6. The van der Waals surface area contributed by atoms with Crippen LogP contribution < -0.4 is 10.1 Å². The molecule has 0 aromatic heterocycles. The first-order valence-electron chi connectivity index (χ1n) is 6.26. The number of hydrogen-bond donors (Lipinski definition) is 2. The molecule has 1 aromatic rings. The number of phenolic OH excluding ortho intramolecular Hbond substituents is 1. The van der Waals surface area contributed by atoms with Gasteiger partial charge in [0, 0.05) is 11.6 Å². The van der Waals surface area contributed by atoms with E-state index in [0.29, 0.717) is 11.3 Å². The number of nitrogens with zero attached hydrogens (tertiary/aromatic N) is 1. The van der Waals surface area contributed by atoms with E-state index in [1.54, 1.807) is 12.1 Å². The number of phenols is 1. The van der Waals surface area contributed by atoms with E-state index in [-0.39, 0.29) is 17.7 Å². The van der Waals surface area contributed by atoms with Crippen LogP contribution in [0.1, 0.15) is 23.7 Å². The molecule has 0 radical (unpaired) electrons. The van der Waals surface area contributed by atoms with Crippen molar-refractivity contribution in [3.8, 4) is 11.5 Å². The zero-order valence-corrected chi connectivity index (χ0v) is 11.9. The molecule has 0 aliphatic carbocycles. The molecule has 0 aliphatic rings. The van der Waals surface area contributed by atoms with Crippen LogP contribution in [-0.4, -0.2) is 49.7 Å². The topological polar surface area (TPSA) is 61.8 Å². The third kappa shape index (κ3) is 4.79. The SMILES string of the molecule is COc1ccc(C(=O)NC(C)CCN(C)C)cc1O. The highest BCUT2D eigenvalue weighted by molar-refractivity contribution is 5.95. The highest BCUT2D eigenvalue weighted by Gasteiger charge is 2.12. The molecule has 1 rings (SSSR count). The molecule has 0 fully saturated rings. The Bertz CT molecular complexity index is 433. The van der Waals surface area contributed by atoms with E-state index < -0.39 is 0 Å². The molecule has 106 valence electrons. The summed E-state index contributed by atoms with van der Waals surface area (Å²) in [5, 5.41) is 12.5. The van der Waals surface area contributed by atoms with Crippen molar-refractivity contribution in [2.75, 3.05) is 27.7 Å². The third-order valence-electron chi connectivity index (χ3n) is 2.83. The number of methoxy groups -OCH3 is 1. The summed E-state index contributed by atoms with van der Waals surface area (Å²) in [6, 6.07) is 4.70. The quantitative estimate of drug-likeness (QED) is 0.818. The molecular formula is C14H22N2O3. The molecule has 0 heterocycles. The van der Waals surface area contributed by atoms with Crippen molar-refractivity contribution in [2.45, 2.75) is 19.4 Å². The molecule has 0 bridgehead atoms. The molecule has 0 saturated heterocycles. The largest absolute Gasteiger partial charge is 0.504 e. The Labute approximate surface area is 114 Å². The minimum absolute atomic E-state index is 0.0314. The fraction of sp³-hybridized carbons (Fsp3) is 0.500. The number of hydrogen-bond acceptors (Lipinski definition) is 4. The Morgan fingerprint density at radius 1 is 1.47 bits per heavy atom. The minimum Gasteiger partial charge on any atom is -0.504 e. The second-order valence-corrected chi connectivity index (χ2v) is 4.85. The average molecular weight is 266 g/mol. The smallest absolute Gasteiger partial charge is 0.251 e. The monoisotopic (exact) mass is 266 g/mol. The van der Waals surface area contributed by atoms with E-state index >= 15 is 0 Å². The number of benzene rings is 1. The minimum atomic E-state index is -0.191. The van der Waals surface area contributed by atoms with Crippen molar-refractivity contribution in [1.82, 2.24) is 10.2 Å². The lowest BCUT2D eigenvalue weighted by atomic mass is 10.1. The van der Waals surface area contributed by atoms with Gasteiger partial charge in [-0.1, -0.05) is 0 Å². The van der Waals surface area contributed by atoms with Crippen LogP contribution in [0.3, 0.4) is 0 Å². The molecule has 0 saturated carbocycles. The first-order chi connectivity index (χ1) is 8.93. The van der Waals surface area contributed by atoms with Crippen LogP contribution in [-0.2, 0) is 0 Å². The molecule has 1 atom stereocenters. The lowest BCUT2D eigenvalue weighted by Gasteiger charge is -2.17. The zero-order valence-electron chi connectivity index (χ0n) is 11.9. The first-order valence-corrected chi connectivity index (χ1v) is 6.26. The maximum Gasteiger partial charge on any atom is 0.251 e. The molecule has 5 nitrogen and oxygen atoms in total. The molecule has 2 N–H and O–H groups in total. The Hall–Kier alpha value is -1.75. The predicted octanol–water partition coefficient (Wildman–Crippen LogP) is 1.47. The van der Waals surface area contributed by atoms with Crippen LogP contribution >= 0.6 is 0 Å². The Kier molecular flexibility index (Phi) is 5.63. The average Bonchev–Trinajstić information content (AvgIpc) is 2.36. The second kappa shape index (κ2) is 6.99. The summed E-state index contributed by atoms with van der Waals surface area (Å²) in [4.78, 5) is 14.0. The zero-order chi connectivity index (χ0) is 14.4. The summed E-state index contributed by atoms with van der Waals surface area (Å²) in [6.45, 7) is 2.88. The van der Waals surface area contributed by atoms with Gasteiger partial charge >= 0.3 is 0 Å². The summed E-state index contributed by atoms with van der Waals surface area (Å²) in [5.41, 5.74) is 0.426. The van der Waals surface area contributed by atoms with E-state index in [1.807, 2.05) is 21.0 Å². The van der Waals surface area contributed by atoms with Gasteiger partial charge in [-0.2, -0.15) is 0 Å². The molecule has 0 spiro atoms. The summed E-state index contributed by atoms with van der Waals surface area (Å²) in [7, 11) is 5.46. The van der Waals surface area contributed by atoms with Crippen LogP contribution in [0.5, 0.6) is 11.5 Å². The fourth-order valence-electron chi connectivity index (χ4n) is 1.66. The number of carbonyl (C=O) groups is 1. The Balaban J connectivity index is 2.60. The normalized spacial score (nSPS) is 12.3. The third-order valence-corrected chi connectivity index (χ3v) is 2.83. The number of ether oxygens (including phenoxy) is 1. The maximum absolute atomic E-state index is 12.0. The second-order valence-electron chi connectivity index (χ2n) is 4.85. The van der Waals surface area contributed by atoms with Gasteiger partial charge in [0.1, 0.15) is 0 Å². The summed E-state index contributed by atoms with van der Waals surface area (Å²) < 4.78 is 4.94. The van der Waals surface area contributed by atoms with Crippen molar-refractivity contribution in [3.63, 3.8) is 0 Å². The van der Waals surface area contributed by atoms with E-state index in [0.717, 1.165) is 13.0 Å². The van der Waals surface area contributed by atoms with Crippen LogP contribution in [0, 0.1) is 0 Å². The van der Waals surface area contributed by atoms with Gasteiger partial charge in [-0.3, -0.25) is 4.79 Å². The van der Waals surface area contributed by atoms with Gasteiger partial charge in [0.05, 0.1) is 7.11 Å². The summed E-state index contributed by atoms with van der Waals surface area (Å²) in [6.07, 6.45) is 0.876. The Morgan fingerprint density at radius 3 is 2.68 bits per heavy atom. The molecule has 1 unspecified atom stereocenters. The predicted molar refractivity (Wildman–Crippen MR) is 74.8 cm³/mol. The van der Waals surface area contributed by atoms with Crippen molar-refractivity contribution in [1.29, 1.82) is 0 Å². The van der Waals surface area contributed by atoms with Gasteiger partial charge in [-0.05, 0) is 52.2 Å². The summed E-state index contributed by atoms with van der Waals surface area (Å²) >= 11 is 0. The van der Waals surface area contributed by atoms with Gasteiger partial charge in [0.15, 0.2) is 11.5 Å². The maximum atomic E-state index is 12.0. The highest BCUT2D eigenvalue weighted by Crippen LogP contribution is 2.26. The van der Waals surface area contributed by atoms with Crippen LogP contribution in [0.25, 0.3) is 0 Å². The number of aromatic hydroxyl groups is 1. The number of carbonyl (C=O) groups excluding carboxylic acids is 1. The first kappa shape index (κ1) is 15.3. The van der Waals surface area contributed by atoms with E-state index in [4.69, 9.17) is 4.74 Å². The van der Waals surface area contributed by atoms with Crippen molar-refractivity contribution in [3.05, 3.63) is 23.8 Å². The number of amides is 1. The van der Waals surface area contributed by atoms with Crippen molar-refractivity contribution < 1.29 is 14.6 Å². The molecule has 1 aromatic carbocycles. The highest BCUT2D eigenvalue weighted by atomic mass is 16.5. The Morgan fingerprint density at radius 2 is 2.16 bits per heavy atom. The van der Waals surface area contributed by atoms with E-state index in [2.05, 4.69) is 10.2 Å². The molecule has 0 aliphatic heterocycles. The van der Waals surface area contributed by atoms with Crippen molar-refractivity contribution >= 4 is 5.91 Å². The van der Waals surface area contributed by atoms with Gasteiger partial charge in [-0.15, -0.1) is 0 Å². The fourth-order valence-corrected chi connectivity index (χ4v) is 1.66. The lowest BCUT2D eigenvalue weighted by molar-refractivity contribution is 0.0936. The van der Waals surface area contributed by atoms with Crippen molar-refractivity contribution in [2.24, 2.45) is 0 Å². The molecular weight excluding hydrogens is 244 g/mol. The van der Waals surface area contributed by atoms with Crippen LogP contribution in [0.2, 0.25) is 0 Å².